The van der Waals surface area contributed by atoms with Gasteiger partial charge in [0.2, 0.25) is 17.7 Å². The molecule has 0 bridgehead atoms. The highest BCUT2D eigenvalue weighted by Crippen LogP contribution is 2.28. The summed E-state index contributed by atoms with van der Waals surface area (Å²) >= 11 is 0. The van der Waals surface area contributed by atoms with Crippen molar-refractivity contribution in [1.29, 1.82) is 0 Å². The fraction of sp³-hybridized carbons (Fsp3) is 0.238. The predicted octanol–water partition coefficient (Wildman–Crippen LogP) is 3.28. The van der Waals surface area contributed by atoms with Crippen molar-refractivity contribution in [1.82, 2.24) is 15.3 Å². The Balaban J connectivity index is 1.42. The second kappa shape index (κ2) is 8.04. The number of aromatic nitrogens is 2. The summed E-state index contributed by atoms with van der Waals surface area (Å²) in [5.74, 6) is 0.870. The van der Waals surface area contributed by atoms with E-state index in [1.807, 2.05) is 30.3 Å². The molecule has 1 heterocycles. The summed E-state index contributed by atoms with van der Waals surface area (Å²) < 4.78 is 5.83. The van der Waals surface area contributed by atoms with E-state index >= 15 is 0 Å². The number of anilines is 1. The zero-order valence-corrected chi connectivity index (χ0v) is 15.2. The van der Waals surface area contributed by atoms with Crippen LogP contribution in [0.15, 0.2) is 54.9 Å². The van der Waals surface area contributed by atoms with Gasteiger partial charge in [0.15, 0.2) is 0 Å². The van der Waals surface area contributed by atoms with Crippen LogP contribution in [-0.2, 0) is 9.59 Å². The second-order valence-electron chi connectivity index (χ2n) is 6.72. The molecule has 28 heavy (non-hydrogen) atoms. The van der Waals surface area contributed by atoms with Crippen LogP contribution in [0.4, 0.5) is 5.69 Å². The van der Waals surface area contributed by atoms with Crippen LogP contribution in [0.25, 0.3) is 10.9 Å². The number of ether oxygens (including phenoxy) is 1. The quantitative estimate of drug-likeness (QED) is 0.689. The lowest BCUT2D eigenvalue weighted by molar-refractivity contribution is -0.129. The van der Waals surface area contributed by atoms with E-state index in [0.717, 1.165) is 24.6 Å². The summed E-state index contributed by atoms with van der Waals surface area (Å²) in [5.41, 5.74) is 1.25. The molecular formula is C21H20N4O3. The van der Waals surface area contributed by atoms with Gasteiger partial charge in [-0.25, -0.2) is 9.97 Å². The summed E-state index contributed by atoms with van der Waals surface area (Å²) in [6.07, 6.45) is 4.32. The first-order valence-corrected chi connectivity index (χ1v) is 9.24. The van der Waals surface area contributed by atoms with Gasteiger partial charge in [-0.2, -0.15) is 0 Å². The first kappa shape index (κ1) is 17.9. The van der Waals surface area contributed by atoms with Crippen molar-refractivity contribution in [2.45, 2.75) is 19.3 Å². The lowest BCUT2D eigenvalue weighted by atomic mass is 9.85. The summed E-state index contributed by atoms with van der Waals surface area (Å²) in [6, 6.07) is 14.7. The molecular weight excluding hydrogens is 356 g/mol. The van der Waals surface area contributed by atoms with Gasteiger partial charge in [-0.15, -0.1) is 0 Å². The molecule has 2 amide bonds. The molecule has 7 nitrogen and oxygen atoms in total. The lowest BCUT2D eigenvalue weighted by Crippen LogP contribution is -2.39. The normalized spacial score (nSPS) is 13.6. The number of hydrogen-bond donors (Lipinski definition) is 2. The third-order valence-corrected chi connectivity index (χ3v) is 4.74. The average molecular weight is 376 g/mol. The molecule has 0 unspecified atom stereocenters. The van der Waals surface area contributed by atoms with Gasteiger partial charge >= 0.3 is 0 Å². The molecule has 2 aromatic carbocycles. The van der Waals surface area contributed by atoms with Gasteiger partial charge < -0.3 is 15.4 Å². The highest BCUT2D eigenvalue weighted by atomic mass is 16.5. The third kappa shape index (κ3) is 4.09. The monoisotopic (exact) mass is 376 g/mol. The van der Waals surface area contributed by atoms with Crippen LogP contribution in [0, 0.1) is 5.92 Å². The number of carbonyl (C=O) groups excluding carboxylic acids is 2. The van der Waals surface area contributed by atoms with Crippen molar-refractivity contribution in [3.63, 3.8) is 0 Å². The number of amides is 2. The Hall–Kier alpha value is -3.48. The highest BCUT2D eigenvalue weighted by Gasteiger charge is 2.25. The molecule has 1 aromatic heterocycles. The van der Waals surface area contributed by atoms with E-state index in [1.54, 1.807) is 18.2 Å². The fourth-order valence-electron chi connectivity index (χ4n) is 2.98. The minimum Gasteiger partial charge on any atom is -0.438 e. The van der Waals surface area contributed by atoms with Crippen LogP contribution >= 0.6 is 0 Å². The van der Waals surface area contributed by atoms with Crippen LogP contribution in [-0.4, -0.2) is 28.3 Å². The summed E-state index contributed by atoms with van der Waals surface area (Å²) in [7, 11) is 0. The molecule has 0 atom stereocenters. The molecule has 7 heteroatoms. The molecule has 4 rings (SSSR count). The lowest BCUT2D eigenvalue weighted by Gasteiger charge is -2.23. The van der Waals surface area contributed by atoms with Crippen molar-refractivity contribution in [3.05, 3.63) is 54.9 Å². The van der Waals surface area contributed by atoms with E-state index in [0.29, 0.717) is 22.8 Å². The zero-order valence-electron chi connectivity index (χ0n) is 15.2. The van der Waals surface area contributed by atoms with Gasteiger partial charge in [-0.05, 0) is 43.2 Å². The molecule has 1 aliphatic carbocycles. The van der Waals surface area contributed by atoms with Gasteiger partial charge in [0.25, 0.3) is 0 Å². The number of para-hydroxylation sites is 1. The number of carbonyl (C=O) groups is 2. The molecule has 142 valence electrons. The van der Waals surface area contributed by atoms with Crippen LogP contribution in [0.1, 0.15) is 19.3 Å². The second-order valence-corrected chi connectivity index (χ2v) is 6.72. The van der Waals surface area contributed by atoms with E-state index < -0.39 is 0 Å². The van der Waals surface area contributed by atoms with E-state index in [1.165, 1.54) is 6.33 Å². The minimum atomic E-state index is -0.276. The number of hydrogen-bond acceptors (Lipinski definition) is 5. The Kier molecular flexibility index (Phi) is 5.14. The minimum absolute atomic E-state index is 0.0422. The molecule has 0 saturated heterocycles. The Labute approximate surface area is 162 Å². The van der Waals surface area contributed by atoms with E-state index in [9.17, 15) is 9.59 Å². The zero-order chi connectivity index (χ0) is 19.3. The Morgan fingerprint density at radius 3 is 2.64 bits per heavy atom. The highest BCUT2D eigenvalue weighted by molar-refractivity contribution is 5.97. The van der Waals surface area contributed by atoms with E-state index in [4.69, 9.17) is 4.74 Å². The average Bonchev–Trinajstić information content (AvgIpc) is 2.66. The first-order chi connectivity index (χ1) is 13.7. The molecule has 3 aromatic rings. The first-order valence-electron chi connectivity index (χ1n) is 9.24. The number of rotatable bonds is 6. The molecule has 1 fully saturated rings. The summed E-state index contributed by atoms with van der Waals surface area (Å²) in [4.78, 5) is 32.4. The van der Waals surface area contributed by atoms with E-state index in [2.05, 4.69) is 20.6 Å². The van der Waals surface area contributed by atoms with Crippen LogP contribution in [0.5, 0.6) is 11.6 Å². The van der Waals surface area contributed by atoms with Crippen molar-refractivity contribution in [2.75, 3.05) is 11.9 Å². The Bertz CT molecular complexity index is 1000. The molecule has 0 radical (unpaired) electrons. The van der Waals surface area contributed by atoms with Gasteiger partial charge in [-0.3, -0.25) is 9.59 Å². The largest absolute Gasteiger partial charge is 0.438 e. The molecule has 1 aliphatic rings. The Morgan fingerprint density at radius 1 is 1.07 bits per heavy atom. The molecule has 2 N–H and O–H groups in total. The van der Waals surface area contributed by atoms with Crippen molar-refractivity contribution >= 4 is 28.4 Å². The van der Waals surface area contributed by atoms with Crippen molar-refractivity contribution in [2.24, 2.45) is 5.92 Å². The fourth-order valence-corrected chi connectivity index (χ4v) is 2.98. The van der Waals surface area contributed by atoms with E-state index in [-0.39, 0.29) is 24.3 Å². The predicted molar refractivity (Wildman–Crippen MR) is 105 cm³/mol. The SMILES string of the molecule is O=C(CNC(=O)C1CCC1)Nc1ccc2c(Oc3ccccc3)ncnc2c1. The van der Waals surface area contributed by atoms with Crippen LogP contribution < -0.4 is 15.4 Å². The maximum absolute atomic E-state index is 12.1. The maximum atomic E-state index is 12.1. The number of fused-ring (bicyclic) bond motifs is 1. The van der Waals surface area contributed by atoms with Gasteiger partial charge in [0.1, 0.15) is 12.1 Å². The Morgan fingerprint density at radius 2 is 1.89 bits per heavy atom. The summed E-state index contributed by atoms with van der Waals surface area (Å²) in [5, 5.41) is 6.20. The number of nitrogens with zero attached hydrogens (tertiary/aromatic N) is 2. The molecule has 0 aliphatic heterocycles. The molecule has 1 saturated carbocycles. The third-order valence-electron chi connectivity index (χ3n) is 4.74. The summed E-state index contributed by atoms with van der Waals surface area (Å²) in [6.45, 7) is -0.0422. The van der Waals surface area contributed by atoms with Crippen molar-refractivity contribution in [3.8, 4) is 11.6 Å². The molecule has 0 spiro atoms. The van der Waals surface area contributed by atoms with Crippen LogP contribution in [0.3, 0.4) is 0 Å². The van der Waals surface area contributed by atoms with Gasteiger partial charge in [-0.1, -0.05) is 24.6 Å². The smallest absolute Gasteiger partial charge is 0.243 e. The maximum Gasteiger partial charge on any atom is 0.243 e. The van der Waals surface area contributed by atoms with Gasteiger partial charge in [0.05, 0.1) is 17.4 Å². The van der Waals surface area contributed by atoms with Crippen molar-refractivity contribution < 1.29 is 14.3 Å². The standard InChI is InChI=1S/C21H20N4O3/c26-19(12-22-20(27)14-5-4-6-14)25-15-9-10-17-18(11-15)23-13-24-21(17)28-16-7-2-1-3-8-16/h1-3,7-11,13-14H,4-6,12H2,(H,22,27)(H,25,26). The number of benzene rings is 2. The topological polar surface area (TPSA) is 93.2 Å². The number of nitrogens with one attached hydrogen (secondary N) is 2. The van der Waals surface area contributed by atoms with Crippen LogP contribution in [0.2, 0.25) is 0 Å². The van der Waals surface area contributed by atoms with Gasteiger partial charge in [0, 0.05) is 11.6 Å².